The van der Waals surface area contributed by atoms with Gasteiger partial charge in [-0.1, -0.05) is 15.9 Å². The molecule has 1 aromatic carbocycles. The fourth-order valence-electron chi connectivity index (χ4n) is 4.28. The molecule has 36 heavy (non-hydrogen) atoms. The molecule has 4 rings (SSSR count). The van der Waals surface area contributed by atoms with Gasteiger partial charge in [-0.25, -0.2) is 14.5 Å². The highest BCUT2D eigenvalue weighted by molar-refractivity contribution is 9.10. The minimum atomic E-state index is -0.523. The third-order valence-electron chi connectivity index (χ3n) is 5.94. The largest absolute Gasteiger partial charge is 0.444 e. The molecule has 0 saturated carbocycles. The number of benzene rings is 1. The maximum Gasteiger partial charge on any atom is 0.410 e. The van der Waals surface area contributed by atoms with Crippen molar-refractivity contribution in [1.82, 2.24) is 24.6 Å². The molecule has 10 heteroatoms. The standard InChI is InChI=1S/C26H32BrN5O3S/c1-17(2)32(21-10-12-30(13-11-21)25(34)35-26(3,4)5)24(33)22-16-36-23(29-22)18-14-28-31(15-18)20-8-6-19(27)7-9-20/h6-9,14-17,21H,10-13H2,1-5H3. The van der Waals surface area contributed by atoms with E-state index in [4.69, 9.17) is 4.74 Å². The number of carbonyl (C=O) groups excluding carboxylic acids is 2. The van der Waals surface area contributed by atoms with Gasteiger partial charge in [0.1, 0.15) is 16.3 Å². The van der Waals surface area contributed by atoms with E-state index >= 15 is 0 Å². The van der Waals surface area contributed by atoms with Crippen LogP contribution in [-0.2, 0) is 4.74 Å². The van der Waals surface area contributed by atoms with Crippen LogP contribution >= 0.6 is 27.3 Å². The van der Waals surface area contributed by atoms with Gasteiger partial charge in [0, 0.05) is 46.8 Å². The van der Waals surface area contributed by atoms with E-state index in [-0.39, 0.29) is 24.1 Å². The summed E-state index contributed by atoms with van der Waals surface area (Å²) in [5, 5.41) is 7.03. The predicted octanol–water partition coefficient (Wildman–Crippen LogP) is 6.01. The number of aromatic nitrogens is 3. The molecule has 3 heterocycles. The highest BCUT2D eigenvalue weighted by Gasteiger charge is 2.34. The number of carbonyl (C=O) groups is 2. The van der Waals surface area contributed by atoms with Gasteiger partial charge in [-0.05, 0) is 71.7 Å². The summed E-state index contributed by atoms with van der Waals surface area (Å²) in [6.45, 7) is 10.8. The van der Waals surface area contributed by atoms with Crippen LogP contribution in [0.5, 0.6) is 0 Å². The van der Waals surface area contributed by atoms with Crippen molar-refractivity contribution in [2.45, 2.75) is 65.1 Å². The SMILES string of the molecule is CC(C)N(C(=O)c1csc(-c2cnn(-c3ccc(Br)cc3)c2)n1)C1CCN(C(=O)OC(C)(C)C)CC1. The number of nitrogens with zero attached hydrogens (tertiary/aromatic N) is 5. The second-order valence-corrected chi connectivity index (χ2v) is 12.0. The number of hydrogen-bond donors (Lipinski definition) is 0. The second-order valence-electron chi connectivity index (χ2n) is 10.2. The van der Waals surface area contributed by atoms with Gasteiger partial charge in [-0.15, -0.1) is 11.3 Å². The van der Waals surface area contributed by atoms with E-state index in [0.29, 0.717) is 31.6 Å². The molecule has 1 fully saturated rings. The van der Waals surface area contributed by atoms with Crippen molar-refractivity contribution in [3.05, 3.63) is 52.2 Å². The number of halogens is 1. The van der Waals surface area contributed by atoms with Crippen molar-refractivity contribution in [2.24, 2.45) is 0 Å². The van der Waals surface area contributed by atoms with Gasteiger partial charge in [0.15, 0.2) is 0 Å². The molecular formula is C26H32BrN5O3S. The summed E-state index contributed by atoms with van der Waals surface area (Å²) in [5.41, 5.74) is 1.73. The smallest absolute Gasteiger partial charge is 0.410 e. The Morgan fingerprint density at radius 1 is 1.17 bits per heavy atom. The van der Waals surface area contributed by atoms with Crippen LogP contribution in [0.15, 0.2) is 46.5 Å². The maximum atomic E-state index is 13.5. The molecule has 0 N–H and O–H groups in total. The summed E-state index contributed by atoms with van der Waals surface area (Å²) in [6, 6.07) is 7.95. The summed E-state index contributed by atoms with van der Waals surface area (Å²) < 4.78 is 8.31. The summed E-state index contributed by atoms with van der Waals surface area (Å²) in [6.07, 6.45) is 4.81. The number of rotatable bonds is 5. The molecule has 0 atom stereocenters. The van der Waals surface area contributed by atoms with Crippen LogP contribution in [0.3, 0.4) is 0 Å². The zero-order chi connectivity index (χ0) is 26.0. The zero-order valence-electron chi connectivity index (χ0n) is 21.3. The number of ether oxygens (including phenoxy) is 1. The molecule has 1 aliphatic heterocycles. The Balaban J connectivity index is 1.44. The van der Waals surface area contributed by atoms with Crippen molar-refractivity contribution in [2.75, 3.05) is 13.1 Å². The van der Waals surface area contributed by atoms with Gasteiger partial charge >= 0.3 is 6.09 Å². The molecule has 0 aliphatic carbocycles. The first-order valence-electron chi connectivity index (χ1n) is 12.1. The fraction of sp³-hybridized carbons (Fsp3) is 0.462. The lowest BCUT2D eigenvalue weighted by Gasteiger charge is -2.40. The summed E-state index contributed by atoms with van der Waals surface area (Å²) >= 11 is 4.89. The Morgan fingerprint density at radius 3 is 2.44 bits per heavy atom. The van der Waals surface area contributed by atoms with Crippen molar-refractivity contribution >= 4 is 39.3 Å². The quantitative estimate of drug-likeness (QED) is 0.373. The number of amides is 2. The molecule has 0 unspecified atom stereocenters. The van der Waals surface area contributed by atoms with Gasteiger partial charge in [0.05, 0.1) is 11.9 Å². The average Bonchev–Trinajstić information content (AvgIpc) is 3.49. The number of hydrogen-bond acceptors (Lipinski definition) is 6. The summed E-state index contributed by atoms with van der Waals surface area (Å²) in [4.78, 5) is 34.3. The third kappa shape index (κ3) is 6.15. The van der Waals surface area contributed by atoms with Crippen molar-refractivity contribution < 1.29 is 14.3 Å². The average molecular weight is 575 g/mol. The molecule has 0 radical (unpaired) electrons. The second kappa shape index (κ2) is 10.7. The molecule has 192 valence electrons. The third-order valence-corrected chi connectivity index (χ3v) is 7.36. The molecule has 0 bridgehead atoms. The monoisotopic (exact) mass is 573 g/mol. The van der Waals surface area contributed by atoms with Crippen molar-refractivity contribution in [3.8, 4) is 16.3 Å². The topological polar surface area (TPSA) is 80.6 Å². The molecule has 1 aliphatic rings. The first-order valence-corrected chi connectivity index (χ1v) is 13.8. The Bertz CT molecular complexity index is 1210. The minimum absolute atomic E-state index is 0.0147. The van der Waals surface area contributed by atoms with E-state index in [1.165, 1.54) is 11.3 Å². The number of piperidine rings is 1. The fourth-order valence-corrected chi connectivity index (χ4v) is 5.31. The van der Waals surface area contributed by atoms with Gasteiger partial charge in [-0.2, -0.15) is 5.10 Å². The van der Waals surface area contributed by atoms with Crippen LogP contribution in [0.25, 0.3) is 16.3 Å². The van der Waals surface area contributed by atoms with E-state index in [2.05, 4.69) is 26.0 Å². The van der Waals surface area contributed by atoms with Crippen LogP contribution < -0.4 is 0 Å². The molecule has 3 aromatic rings. The van der Waals surface area contributed by atoms with E-state index in [0.717, 1.165) is 20.7 Å². The Morgan fingerprint density at radius 2 is 1.83 bits per heavy atom. The van der Waals surface area contributed by atoms with Gasteiger partial charge in [-0.3, -0.25) is 4.79 Å². The predicted molar refractivity (Wildman–Crippen MR) is 145 cm³/mol. The van der Waals surface area contributed by atoms with Gasteiger partial charge in [0.2, 0.25) is 0 Å². The van der Waals surface area contributed by atoms with E-state index < -0.39 is 5.60 Å². The molecule has 0 spiro atoms. The number of thiazole rings is 1. The van der Waals surface area contributed by atoms with E-state index in [9.17, 15) is 9.59 Å². The normalized spacial score (nSPS) is 14.8. The van der Waals surface area contributed by atoms with Crippen molar-refractivity contribution in [3.63, 3.8) is 0 Å². The van der Waals surface area contributed by atoms with Crippen LogP contribution in [0.2, 0.25) is 0 Å². The number of likely N-dealkylation sites (tertiary alicyclic amines) is 1. The maximum absolute atomic E-state index is 13.5. The Kier molecular flexibility index (Phi) is 7.85. The summed E-state index contributed by atoms with van der Waals surface area (Å²) in [7, 11) is 0. The Hall–Kier alpha value is -2.72. The zero-order valence-corrected chi connectivity index (χ0v) is 23.7. The van der Waals surface area contributed by atoms with Gasteiger partial charge in [0.25, 0.3) is 5.91 Å². The van der Waals surface area contributed by atoms with E-state index in [1.54, 1.807) is 15.8 Å². The summed E-state index contributed by atoms with van der Waals surface area (Å²) in [5.74, 6) is -0.0801. The lowest BCUT2D eigenvalue weighted by Crippen LogP contribution is -2.51. The first kappa shape index (κ1) is 26.3. The lowest BCUT2D eigenvalue weighted by molar-refractivity contribution is 0.0127. The van der Waals surface area contributed by atoms with Crippen LogP contribution in [0.1, 0.15) is 57.9 Å². The Labute approximate surface area is 224 Å². The minimum Gasteiger partial charge on any atom is -0.444 e. The van der Waals surface area contributed by atoms with Crippen LogP contribution in [0, 0.1) is 0 Å². The molecule has 2 aromatic heterocycles. The lowest BCUT2D eigenvalue weighted by atomic mass is 10.0. The van der Waals surface area contributed by atoms with Crippen LogP contribution in [0.4, 0.5) is 4.79 Å². The molecule has 2 amide bonds. The first-order chi connectivity index (χ1) is 17.0. The van der Waals surface area contributed by atoms with Crippen LogP contribution in [-0.4, -0.2) is 67.3 Å². The van der Waals surface area contributed by atoms with Crippen molar-refractivity contribution in [1.29, 1.82) is 0 Å². The highest BCUT2D eigenvalue weighted by Crippen LogP contribution is 2.28. The molecule has 8 nitrogen and oxygen atoms in total. The molecule has 1 saturated heterocycles. The van der Waals surface area contributed by atoms with Gasteiger partial charge < -0.3 is 14.5 Å². The molecular weight excluding hydrogens is 542 g/mol. The highest BCUT2D eigenvalue weighted by atomic mass is 79.9. The van der Waals surface area contributed by atoms with E-state index in [1.807, 2.05) is 75.4 Å².